The van der Waals surface area contributed by atoms with Crippen LogP contribution in [0.4, 0.5) is 0 Å². The van der Waals surface area contributed by atoms with Crippen molar-refractivity contribution in [3.63, 3.8) is 0 Å². The first-order chi connectivity index (χ1) is 7.08. The van der Waals surface area contributed by atoms with Crippen molar-refractivity contribution in [1.82, 2.24) is 9.88 Å². The highest BCUT2D eigenvalue weighted by atomic mass is 35.5. The van der Waals surface area contributed by atoms with Crippen LogP contribution in [-0.4, -0.2) is 29.0 Å². The number of hydrogen-bond acceptors (Lipinski definition) is 2. The summed E-state index contributed by atoms with van der Waals surface area (Å²) in [5, 5.41) is 0. The summed E-state index contributed by atoms with van der Waals surface area (Å²) in [5.41, 5.74) is 1.25. The van der Waals surface area contributed by atoms with Gasteiger partial charge in [-0.25, -0.2) is 0 Å². The Kier molecular flexibility index (Phi) is 6.96. The molecule has 1 rings (SSSR count). The van der Waals surface area contributed by atoms with Crippen molar-refractivity contribution in [2.45, 2.75) is 31.2 Å². The van der Waals surface area contributed by atoms with Crippen molar-refractivity contribution < 1.29 is 0 Å². The molecule has 0 amide bonds. The predicted molar refractivity (Wildman–Crippen MR) is 72.4 cm³/mol. The standard InChI is InChI=1S/C12H19ClN2.ClH/c1-4-12(13,15(2)3)8-7-11-6-5-9-14-10-11;/h5-6,9-10H,4,7-8H2,1-3H3;1H. The van der Waals surface area contributed by atoms with Crippen LogP contribution in [0.5, 0.6) is 0 Å². The zero-order valence-corrected chi connectivity index (χ0v) is 11.7. The zero-order chi connectivity index (χ0) is 11.3. The van der Waals surface area contributed by atoms with Crippen LogP contribution in [0.25, 0.3) is 0 Å². The van der Waals surface area contributed by atoms with Gasteiger partial charge in [-0.3, -0.25) is 9.88 Å². The van der Waals surface area contributed by atoms with Crippen LogP contribution in [-0.2, 0) is 6.42 Å². The lowest BCUT2D eigenvalue weighted by atomic mass is 10.0. The molecule has 0 bridgehead atoms. The molecule has 1 heterocycles. The molecule has 0 N–H and O–H groups in total. The highest BCUT2D eigenvalue weighted by Crippen LogP contribution is 2.27. The third-order valence-electron chi connectivity index (χ3n) is 2.86. The number of alkyl halides is 1. The quantitative estimate of drug-likeness (QED) is 0.598. The molecule has 92 valence electrons. The molecule has 1 unspecified atom stereocenters. The van der Waals surface area contributed by atoms with Gasteiger partial charge < -0.3 is 0 Å². The molecule has 1 atom stereocenters. The summed E-state index contributed by atoms with van der Waals surface area (Å²) in [6.07, 6.45) is 6.57. The average Bonchev–Trinajstić information content (AvgIpc) is 2.27. The van der Waals surface area contributed by atoms with Crippen LogP contribution in [0.3, 0.4) is 0 Å². The van der Waals surface area contributed by atoms with E-state index >= 15 is 0 Å². The molecule has 0 aliphatic heterocycles. The van der Waals surface area contributed by atoms with E-state index in [1.807, 2.05) is 26.4 Å². The molecule has 2 nitrogen and oxygen atoms in total. The summed E-state index contributed by atoms with van der Waals surface area (Å²) in [5.74, 6) is 0. The molecule has 0 saturated heterocycles. The predicted octanol–water partition coefficient (Wildman–Crippen LogP) is 3.34. The zero-order valence-electron chi connectivity index (χ0n) is 10.1. The van der Waals surface area contributed by atoms with E-state index in [2.05, 4.69) is 22.9 Å². The Balaban J connectivity index is 0.00000225. The number of rotatable bonds is 5. The minimum Gasteiger partial charge on any atom is -0.291 e. The molecule has 1 aromatic heterocycles. The molecule has 0 aliphatic rings. The topological polar surface area (TPSA) is 16.1 Å². The second-order valence-electron chi connectivity index (χ2n) is 4.03. The smallest absolute Gasteiger partial charge is 0.0956 e. The van der Waals surface area contributed by atoms with Gasteiger partial charge in [-0.15, -0.1) is 24.0 Å². The van der Waals surface area contributed by atoms with Crippen LogP contribution in [0.15, 0.2) is 24.5 Å². The van der Waals surface area contributed by atoms with Crippen molar-refractivity contribution >= 4 is 24.0 Å². The third kappa shape index (κ3) is 4.28. The van der Waals surface area contributed by atoms with Crippen molar-refractivity contribution in [2.24, 2.45) is 0 Å². The number of halogens is 2. The number of nitrogens with zero attached hydrogens (tertiary/aromatic N) is 2. The molecular weight excluding hydrogens is 243 g/mol. The number of aryl methyl sites for hydroxylation is 1. The van der Waals surface area contributed by atoms with Gasteiger partial charge in [-0.1, -0.05) is 13.0 Å². The third-order valence-corrected chi connectivity index (χ3v) is 3.66. The van der Waals surface area contributed by atoms with Gasteiger partial charge in [0.1, 0.15) is 0 Å². The highest BCUT2D eigenvalue weighted by molar-refractivity contribution is 6.23. The Labute approximate surface area is 109 Å². The molecule has 0 fully saturated rings. The normalized spacial score (nSPS) is 14.3. The van der Waals surface area contributed by atoms with Gasteiger partial charge in [0.15, 0.2) is 0 Å². The molecule has 4 heteroatoms. The van der Waals surface area contributed by atoms with E-state index in [9.17, 15) is 0 Å². The summed E-state index contributed by atoms with van der Waals surface area (Å²) >= 11 is 6.51. The Hall–Kier alpha value is -0.310. The summed E-state index contributed by atoms with van der Waals surface area (Å²) < 4.78 is 0. The molecule has 16 heavy (non-hydrogen) atoms. The van der Waals surface area contributed by atoms with Crippen LogP contribution in [0, 0.1) is 0 Å². The minimum absolute atomic E-state index is 0. The van der Waals surface area contributed by atoms with Gasteiger partial charge in [0.05, 0.1) is 5.00 Å². The molecule has 1 aromatic rings. The number of hydrogen-bond donors (Lipinski definition) is 0. The fourth-order valence-electron chi connectivity index (χ4n) is 1.60. The summed E-state index contributed by atoms with van der Waals surface area (Å²) in [6.45, 7) is 2.12. The SMILES string of the molecule is CCC(Cl)(CCc1cccnc1)N(C)C.Cl. The second-order valence-corrected chi connectivity index (χ2v) is 4.73. The molecule has 0 saturated carbocycles. The van der Waals surface area contributed by atoms with Gasteiger partial charge >= 0.3 is 0 Å². The first-order valence-corrected chi connectivity index (χ1v) is 5.71. The molecular formula is C12H20Cl2N2. The highest BCUT2D eigenvalue weighted by Gasteiger charge is 2.26. The summed E-state index contributed by atoms with van der Waals surface area (Å²) in [4.78, 5) is 5.96. The first-order valence-electron chi connectivity index (χ1n) is 5.34. The van der Waals surface area contributed by atoms with E-state index in [1.165, 1.54) is 5.56 Å². The van der Waals surface area contributed by atoms with Crippen LogP contribution < -0.4 is 0 Å². The van der Waals surface area contributed by atoms with Crippen LogP contribution >= 0.6 is 24.0 Å². The van der Waals surface area contributed by atoms with Gasteiger partial charge in [-0.05, 0) is 45.0 Å². The monoisotopic (exact) mass is 262 g/mol. The Morgan fingerprint density at radius 1 is 1.44 bits per heavy atom. The van der Waals surface area contributed by atoms with Crippen LogP contribution in [0.1, 0.15) is 25.3 Å². The average molecular weight is 263 g/mol. The van der Waals surface area contributed by atoms with Crippen molar-refractivity contribution in [3.05, 3.63) is 30.1 Å². The van der Waals surface area contributed by atoms with E-state index in [0.717, 1.165) is 19.3 Å². The van der Waals surface area contributed by atoms with E-state index < -0.39 is 0 Å². The lowest BCUT2D eigenvalue weighted by Crippen LogP contribution is -2.38. The molecule has 0 aromatic carbocycles. The largest absolute Gasteiger partial charge is 0.291 e. The van der Waals surface area contributed by atoms with E-state index in [-0.39, 0.29) is 17.4 Å². The number of aromatic nitrogens is 1. The van der Waals surface area contributed by atoms with Crippen LogP contribution in [0.2, 0.25) is 0 Å². The minimum atomic E-state index is -0.226. The maximum atomic E-state index is 6.51. The Morgan fingerprint density at radius 2 is 2.12 bits per heavy atom. The van der Waals surface area contributed by atoms with E-state index in [4.69, 9.17) is 11.6 Å². The summed E-state index contributed by atoms with van der Waals surface area (Å²) in [6, 6.07) is 4.06. The fourth-order valence-corrected chi connectivity index (χ4v) is 1.69. The van der Waals surface area contributed by atoms with Crippen molar-refractivity contribution in [2.75, 3.05) is 14.1 Å². The van der Waals surface area contributed by atoms with E-state index in [1.54, 1.807) is 6.20 Å². The van der Waals surface area contributed by atoms with Gasteiger partial charge in [0, 0.05) is 12.4 Å². The molecule has 0 spiro atoms. The maximum Gasteiger partial charge on any atom is 0.0956 e. The molecule has 0 aliphatic carbocycles. The van der Waals surface area contributed by atoms with Gasteiger partial charge in [0.2, 0.25) is 0 Å². The van der Waals surface area contributed by atoms with Gasteiger partial charge in [-0.2, -0.15) is 0 Å². The fraction of sp³-hybridized carbons (Fsp3) is 0.583. The lowest BCUT2D eigenvalue weighted by Gasteiger charge is -2.33. The maximum absolute atomic E-state index is 6.51. The second kappa shape index (κ2) is 7.10. The first kappa shape index (κ1) is 15.7. The summed E-state index contributed by atoms with van der Waals surface area (Å²) in [7, 11) is 4.06. The van der Waals surface area contributed by atoms with E-state index in [0.29, 0.717) is 0 Å². The molecule has 0 radical (unpaired) electrons. The van der Waals surface area contributed by atoms with Crippen molar-refractivity contribution in [1.29, 1.82) is 0 Å². The van der Waals surface area contributed by atoms with Crippen molar-refractivity contribution in [3.8, 4) is 0 Å². The Bertz CT molecular complexity index is 290. The van der Waals surface area contributed by atoms with Gasteiger partial charge in [0.25, 0.3) is 0 Å². The Morgan fingerprint density at radius 3 is 2.56 bits per heavy atom. The number of pyridine rings is 1. The lowest BCUT2D eigenvalue weighted by molar-refractivity contribution is 0.226.